The average Bonchev–Trinajstić information content (AvgIpc) is 2.95. The Morgan fingerprint density at radius 1 is 1.25 bits per heavy atom. The highest BCUT2D eigenvalue weighted by molar-refractivity contribution is 5.97. The predicted octanol–water partition coefficient (Wildman–Crippen LogP) is 2.59. The molecule has 1 aromatic rings. The lowest BCUT2D eigenvalue weighted by Gasteiger charge is -2.22. The van der Waals surface area contributed by atoms with Crippen molar-refractivity contribution in [2.24, 2.45) is 0 Å². The molecule has 1 fully saturated rings. The van der Waals surface area contributed by atoms with Crippen LogP contribution in [-0.2, 0) is 9.53 Å². The summed E-state index contributed by atoms with van der Waals surface area (Å²) >= 11 is 0. The Kier molecular flexibility index (Phi) is 4.42. The van der Waals surface area contributed by atoms with Crippen LogP contribution in [0.4, 0.5) is 0 Å². The van der Waals surface area contributed by atoms with Crippen LogP contribution in [0.3, 0.4) is 0 Å². The molecule has 2 rings (SSSR count). The Hall–Kier alpha value is -1.84. The van der Waals surface area contributed by atoms with Crippen LogP contribution in [-0.4, -0.2) is 36.5 Å². The van der Waals surface area contributed by atoms with E-state index in [4.69, 9.17) is 4.74 Å². The van der Waals surface area contributed by atoms with E-state index in [1.807, 2.05) is 24.3 Å². The fraction of sp³-hybridized carbons (Fsp3) is 0.500. The SMILES string of the molecule is COC(=O)C1CCCN1C(=O)c1ccc(C(C)C)cc1. The maximum Gasteiger partial charge on any atom is 0.328 e. The van der Waals surface area contributed by atoms with Gasteiger partial charge in [0.15, 0.2) is 0 Å². The Morgan fingerprint density at radius 3 is 2.45 bits per heavy atom. The number of hydrogen-bond donors (Lipinski definition) is 0. The van der Waals surface area contributed by atoms with Crippen molar-refractivity contribution in [2.45, 2.75) is 38.6 Å². The minimum absolute atomic E-state index is 0.0896. The van der Waals surface area contributed by atoms with E-state index >= 15 is 0 Å². The number of nitrogens with zero attached hydrogens (tertiary/aromatic N) is 1. The van der Waals surface area contributed by atoms with Crippen molar-refractivity contribution < 1.29 is 14.3 Å². The van der Waals surface area contributed by atoms with E-state index in [0.29, 0.717) is 24.4 Å². The molecule has 20 heavy (non-hydrogen) atoms. The van der Waals surface area contributed by atoms with E-state index in [2.05, 4.69) is 13.8 Å². The second kappa shape index (κ2) is 6.07. The molecule has 1 aliphatic heterocycles. The summed E-state index contributed by atoms with van der Waals surface area (Å²) in [6.07, 6.45) is 1.53. The first-order chi connectivity index (χ1) is 9.54. The molecule has 1 aliphatic rings. The van der Waals surface area contributed by atoms with E-state index < -0.39 is 6.04 Å². The molecule has 0 N–H and O–H groups in total. The Bertz CT molecular complexity index is 493. The van der Waals surface area contributed by atoms with E-state index in [9.17, 15) is 9.59 Å². The zero-order valence-electron chi connectivity index (χ0n) is 12.3. The number of ether oxygens (including phenoxy) is 1. The third-order valence-corrected chi connectivity index (χ3v) is 3.81. The summed E-state index contributed by atoms with van der Waals surface area (Å²) in [5.41, 5.74) is 1.83. The van der Waals surface area contributed by atoms with Gasteiger partial charge in [-0.2, -0.15) is 0 Å². The maximum atomic E-state index is 12.5. The van der Waals surface area contributed by atoms with Gasteiger partial charge in [-0.15, -0.1) is 0 Å². The van der Waals surface area contributed by atoms with Crippen molar-refractivity contribution in [3.8, 4) is 0 Å². The molecule has 1 amide bonds. The molecule has 108 valence electrons. The molecule has 0 aliphatic carbocycles. The Morgan fingerprint density at radius 2 is 1.90 bits per heavy atom. The molecule has 0 spiro atoms. The number of carbonyl (C=O) groups is 2. The first kappa shape index (κ1) is 14.6. The van der Waals surface area contributed by atoms with Crippen LogP contribution in [0.15, 0.2) is 24.3 Å². The molecule has 4 heteroatoms. The standard InChI is InChI=1S/C16H21NO3/c1-11(2)12-6-8-13(9-7-12)15(18)17-10-4-5-14(17)16(19)20-3/h6-9,11,14H,4-5,10H2,1-3H3. The van der Waals surface area contributed by atoms with Crippen LogP contribution >= 0.6 is 0 Å². The number of carbonyl (C=O) groups excluding carboxylic acids is 2. The molecule has 1 heterocycles. The molecule has 0 saturated carbocycles. The lowest BCUT2D eigenvalue weighted by atomic mass is 10.0. The van der Waals surface area contributed by atoms with Crippen molar-refractivity contribution in [1.82, 2.24) is 4.90 Å². The van der Waals surface area contributed by atoms with Gasteiger partial charge in [-0.1, -0.05) is 26.0 Å². The zero-order chi connectivity index (χ0) is 14.7. The predicted molar refractivity (Wildman–Crippen MR) is 76.6 cm³/mol. The number of amides is 1. The highest BCUT2D eigenvalue weighted by atomic mass is 16.5. The number of likely N-dealkylation sites (tertiary alicyclic amines) is 1. The molecule has 1 unspecified atom stereocenters. The van der Waals surface area contributed by atoms with Gasteiger partial charge >= 0.3 is 5.97 Å². The number of methoxy groups -OCH3 is 1. The van der Waals surface area contributed by atoms with Gasteiger partial charge in [-0.05, 0) is 36.5 Å². The largest absolute Gasteiger partial charge is 0.467 e. The van der Waals surface area contributed by atoms with Crippen molar-refractivity contribution in [3.05, 3.63) is 35.4 Å². The maximum absolute atomic E-state index is 12.5. The average molecular weight is 275 g/mol. The monoisotopic (exact) mass is 275 g/mol. The number of esters is 1. The van der Waals surface area contributed by atoms with E-state index in [-0.39, 0.29) is 11.9 Å². The van der Waals surface area contributed by atoms with Crippen LogP contribution in [0.25, 0.3) is 0 Å². The molecule has 0 aromatic heterocycles. The fourth-order valence-electron chi connectivity index (χ4n) is 2.57. The summed E-state index contributed by atoms with van der Waals surface area (Å²) in [6.45, 7) is 4.85. The fourth-order valence-corrected chi connectivity index (χ4v) is 2.57. The molecule has 1 atom stereocenters. The minimum atomic E-state index is -0.433. The lowest BCUT2D eigenvalue weighted by molar-refractivity contribution is -0.145. The minimum Gasteiger partial charge on any atom is -0.467 e. The topological polar surface area (TPSA) is 46.6 Å². The third kappa shape index (κ3) is 2.84. The molecule has 0 radical (unpaired) electrons. The summed E-state index contributed by atoms with van der Waals surface area (Å²) < 4.78 is 4.77. The first-order valence-electron chi connectivity index (χ1n) is 7.03. The van der Waals surface area contributed by atoms with E-state index in [0.717, 1.165) is 6.42 Å². The van der Waals surface area contributed by atoms with Gasteiger partial charge in [0.2, 0.25) is 0 Å². The summed E-state index contributed by atoms with van der Waals surface area (Å²) in [4.78, 5) is 25.8. The Labute approximate surface area is 119 Å². The van der Waals surface area contributed by atoms with Gasteiger partial charge in [-0.25, -0.2) is 4.79 Å². The second-order valence-corrected chi connectivity index (χ2v) is 5.46. The highest BCUT2D eigenvalue weighted by Gasteiger charge is 2.35. The lowest BCUT2D eigenvalue weighted by Crippen LogP contribution is -2.41. The van der Waals surface area contributed by atoms with Gasteiger partial charge in [0.25, 0.3) is 5.91 Å². The highest BCUT2D eigenvalue weighted by Crippen LogP contribution is 2.22. The smallest absolute Gasteiger partial charge is 0.328 e. The number of benzene rings is 1. The quantitative estimate of drug-likeness (QED) is 0.797. The van der Waals surface area contributed by atoms with Crippen molar-refractivity contribution in [2.75, 3.05) is 13.7 Å². The molecule has 1 aromatic carbocycles. The van der Waals surface area contributed by atoms with Crippen LogP contribution in [0.1, 0.15) is 48.5 Å². The zero-order valence-corrected chi connectivity index (χ0v) is 12.3. The van der Waals surface area contributed by atoms with Crippen LogP contribution in [0.2, 0.25) is 0 Å². The number of rotatable bonds is 3. The van der Waals surface area contributed by atoms with Gasteiger partial charge in [0.1, 0.15) is 6.04 Å². The summed E-state index contributed by atoms with van der Waals surface area (Å²) in [7, 11) is 1.36. The molecule has 0 bridgehead atoms. The molecule has 4 nitrogen and oxygen atoms in total. The Balaban J connectivity index is 2.16. The van der Waals surface area contributed by atoms with Crippen LogP contribution in [0, 0.1) is 0 Å². The van der Waals surface area contributed by atoms with Gasteiger partial charge in [0.05, 0.1) is 7.11 Å². The summed E-state index contributed by atoms with van der Waals surface area (Å²) in [6, 6.07) is 7.19. The normalized spacial score (nSPS) is 18.4. The first-order valence-corrected chi connectivity index (χ1v) is 7.03. The molecule has 1 saturated heterocycles. The van der Waals surface area contributed by atoms with Crippen molar-refractivity contribution >= 4 is 11.9 Å². The summed E-state index contributed by atoms with van der Waals surface area (Å²) in [5.74, 6) is 0.0246. The van der Waals surface area contributed by atoms with Crippen molar-refractivity contribution in [1.29, 1.82) is 0 Å². The van der Waals surface area contributed by atoms with E-state index in [1.165, 1.54) is 12.7 Å². The van der Waals surface area contributed by atoms with Gasteiger partial charge < -0.3 is 9.64 Å². The van der Waals surface area contributed by atoms with Crippen molar-refractivity contribution in [3.63, 3.8) is 0 Å². The summed E-state index contributed by atoms with van der Waals surface area (Å²) in [5, 5.41) is 0. The molecular weight excluding hydrogens is 254 g/mol. The van der Waals surface area contributed by atoms with E-state index in [1.54, 1.807) is 4.90 Å². The third-order valence-electron chi connectivity index (χ3n) is 3.81. The second-order valence-electron chi connectivity index (χ2n) is 5.46. The van der Waals surface area contributed by atoms with Gasteiger partial charge in [0, 0.05) is 12.1 Å². The molecular formula is C16H21NO3. The van der Waals surface area contributed by atoms with Crippen LogP contribution < -0.4 is 0 Å². The number of hydrogen-bond acceptors (Lipinski definition) is 3. The van der Waals surface area contributed by atoms with Gasteiger partial charge in [-0.3, -0.25) is 4.79 Å². The van der Waals surface area contributed by atoms with Crippen LogP contribution in [0.5, 0.6) is 0 Å².